The maximum absolute atomic E-state index is 4.47. The summed E-state index contributed by atoms with van der Waals surface area (Å²) >= 11 is 1.77. The second-order valence-electron chi connectivity index (χ2n) is 7.14. The molecule has 0 amide bonds. The predicted molar refractivity (Wildman–Crippen MR) is 87.0 cm³/mol. The minimum Gasteiger partial charge on any atom is -0.311 e. The third-order valence-corrected chi connectivity index (χ3v) is 5.39. The van der Waals surface area contributed by atoms with E-state index in [2.05, 4.69) is 55.2 Å². The Labute approximate surface area is 127 Å². The van der Waals surface area contributed by atoms with Crippen molar-refractivity contribution >= 4 is 11.3 Å². The first-order valence-corrected chi connectivity index (χ1v) is 8.65. The first-order valence-electron chi connectivity index (χ1n) is 7.77. The summed E-state index contributed by atoms with van der Waals surface area (Å²) in [5.41, 5.74) is 0.307. The number of nitrogens with one attached hydrogen (secondary N) is 1. The van der Waals surface area contributed by atoms with E-state index in [1.165, 1.54) is 11.4 Å². The van der Waals surface area contributed by atoms with Crippen molar-refractivity contribution in [2.24, 2.45) is 11.3 Å². The minimum absolute atomic E-state index is 0.307. The van der Waals surface area contributed by atoms with Crippen LogP contribution in [0.3, 0.4) is 0 Å². The second kappa shape index (κ2) is 6.54. The summed E-state index contributed by atoms with van der Waals surface area (Å²) < 4.78 is 0. The first kappa shape index (κ1) is 15.9. The summed E-state index contributed by atoms with van der Waals surface area (Å²) in [6.45, 7) is 14.9. The van der Waals surface area contributed by atoms with E-state index in [1.807, 2.05) is 6.20 Å². The summed E-state index contributed by atoms with van der Waals surface area (Å²) in [7, 11) is 0. The molecule has 1 saturated heterocycles. The lowest BCUT2D eigenvalue weighted by atomic mass is 9.83. The van der Waals surface area contributed by atoms with Crippen molar-refractivity contribution in [3.05, 3.63) is 16.6 Å². The van der Waals surface area contributed by atoms with Gasteiger partial charge in [0.05, 0.1) is 6.54 Å². The number of piperazine rings is 1. The van der Waals surface area contributed by atoms with Gasteiger partial charge in [-0.05, 0) is 11.3 Å². The molecule has 20 heavy (non-hydrogen) atoms. The average molecular weight is 295 g/mol. The summed E-state index contributed by atoms with van der Waals surface area (Å²) in [6.07, 6.45) is 3.16. The minimum atomic E-state index is 0.307. The van der Waals surface area contributed by atoms with Gasteiger partial charge in [-0.1, -0.05) is 41.0 Å². The lowest BCUT2D eigenvalue weighted by molar-refractivity contribution is 0.0522. The highest BCUT2D eigenvalue weighted by atomic mass is 32.1. The number of hydrogen-bond acceptors (Lipinski definition) is 4. The zero-order chi connectivity index (χ0) is 14.8. The van der Waals surface area contributed by atoms with Crippen LogP contribution >= 0.6 is 11.3 Å². The Morgan fingerprint density at radius 3 is 2.80 bits per heavy atom. The van der Waals surface area contributed by atoms with E-state index < -0.39 is 0 Å². The average Bonchev–Trinajstić information content (AvgIpc) is 2.89. The van der Waals surface area contributed by atoms with Crippen molar-refractivity contribution in [3.63, 3.8) is 0 Å². The molecule has 0 spiro atoms. The van der Waals surface area contributed by atoms with Crippen LogP contribution in [-0.2, 0) is 6.54 Å². The molecule has 4 heteroatoms. The van der Waals surface area contributed by atoms with E-state index in [1.54, 1.807) is 11.3 Å². The highest BCUT2D eigenvalue weighted by Gasteiger charge is 2.35. The van der Waals surface area contributed by atoms with E-state index >= 15 is 0 Å². The molecule has 0 aliphatic carbocycles. The molecule has 1 aliphatic rings. The number of rotatable bonds is 4. The monoisotopic (exact) mass is 295 g/mol. The van der Waals surface area contributed by atoms with Crippen LogP contribution in [0.25, 0.3) is 0 Å². The largest absolute Gasteiger partial charge is 0.311 e. The standard InChI is InChI=1S/C16H29N3S/c1-6-12(2)13-9-18-14(16(3,4)5)10-19(13)11-15-17-7-8-20-15/h7-8,12-14,18H,6,9-11H2,1-5H3. The Bertz CT molecular complexity index is 396. The van der Waals surface area contributed by atoms with Crippen molar-refractivity contribution in [1.29, 1.82) is 0 Å². The maximum atomic E-state index is 4.47. The van der Waals surface area contributed by atoms with Crippen LogP contribution in [0.5, 0.6) is 0 Å². The normalized spacial score (nSPS) is 26.6. The molecule has 3 nitrogen and oxygen atoms in total. The molecule has 2 rings (SSSR count). The molecule has 0 saturated carbocycles. The van der Waals surface area contributed by atoms with Crippen LogP contribution in [0.15, 0.2) is 11.6 Å². The molecule has 1 fully saturated rings. The summed E-state index contributed by atoms with van der Waals surface area (Å²) in [5, 5.41) is 7.10. The quantitative estimate of drug-likeness (QED) is 0.923. The molecule has 3 unspecified atom stereocenters. The van der Waals surface area contributed by atoms with Gasteiger partial charge in [0, 0.05) is 36.8 Å². The lowest BCUT2D eigenvalue weighted by Gasteiger charge is -2.46. The van der Waals surface area contributed by atoms with Gasteiger partial charge in [-0.15, -0.1) is 11.3 Å². The highest BCUT2D eigenvalue weighted by molar-refractivity contribution is 7.09. The summed E-state index contributed by atoms with van der Waals surface area (Å²) in [4.78, 5) is 7.13. The van der Waals surface area contributed by atoms with Gasteiger partial charge in [0.2, 0.25) is 0 Å². The van der Waals surface area contributed by atoms with Gasteiger partial charge >= 0.3 is 0 Å². The zero-order valence-electron chi connectivity index (χ0n) is 13.5. The van der Waals surface area contributed by atoms with Crippen molar-refractivity contribution in [3.8, 4) is 0 Å². The van der Waals surface area contributed by atoms with Gasteiger partial charge in [-0.2, -0.15) is 0 Å². The number of aromatic nitrogens is 1. The van der Waals surface area contributed by atoms with E-state index in [4.69, 9.17) is 0 Å². The van der Waals surface area contributed by atoms with E-state index in [-0.39, 0.29) is 0 Å². The molecule has 0 bridgehead atoms. The van der Waals surface area contributed by atoms with Gasteiger partial charge < -0.3 is 5.32 Å². The number of hydrogen-bond donors (Lipinski definition) is 1. The fourth-order valence-electron chi connectivity index (χ4n) is 2.93. The van der Waals surface area contributed by atoms with Crippen molar-refractivity contribution < 1.29 is 0 Å². The van der Waals surface area contributed by atoms with Crippen molar-refractivity contribution in [1.82, 2.24) is 15.2 Å². The number of nitrogens with zero attached hydrogens (tertiary/aromatic N) is 2. The Morgan fingerprint density at radius 2 is 2.25 bits per heavy atom. The van der Waals surface area contributed by atoms with Gasteiger partial charge in [-0.3, -0.25) is 4.90 Å². The molecule has 1 N–H and O–H groups in total. The molecule has 1 aliphatic heterocycles. The fourth-order valence-corrected chi connectivity index (χ4v) is 3.57. The Balaban J connectivity index is 2.10. The molecule has 1 aromatic heterocycles. The topological polar surface area (TPSA) is 28.2 Å². The molecule has 0 radical (unpaired) electrons. The smallest absolute Gasteiger partial charge is 0.107 e. The fraction of sp³-hybridized carbons (Fsp3) is 0.812. The number of thiazole rings is 1. The molecule has 1 aromatic rings. The van der Waals surface area contributed by atoms with Crippen molar-refractivity contribution in [2.75, 3.05) is 13.1 Å². The predicted octanol–water partition coefficient (Wildman–Crippen LogP) is 3.38. The van der Waals surface area contributed by atoms with Crippen LogP contribution in [0, 0.1) is 11.3 Å². The van der Waals surface area contributed by atoms with Crippen LogP contribution in [0.1, 0.15) is 46.0 Å². The molecule has 2 heterocycles. The van der Waals surface area contributed by atoms with Gasteiger partial charge in [0.1, 0.15) is 5.01 Å². The maximum Gasteiger partial charge on any atom is 0.107 e. The first-order chi connectivity index (χ1) is 9.41. The van der Waals surface area contributed by atoms with Crippen molar-refractivity contribution in [2.45, 2.75) is 59.7 Å². The van der Waals surface area contributed by atoms with Gasteiger partial charge in [0.15, 0.2) is 0 Å². The SMILES string of the molecule is CCC(C)C1CNC(C(C)(C)C)CN1Cc1nccs1. The second-order valence-corrected chi connectivity index (χ2v) is 8.11. The summed E-state index contributed by atoms with van der Waals surface area (Å²) in [6, 6.07) is 1.19. The Morgan fingerprint density at radius 1 is 1.50 bits per heavy atom. The third-order valence-electron chi connectivity index (χ3n) is 4.63. The zero-order valence-corrected chi connectivity index (χ0v) is 14.3. The van der Waals surface area contributed by atoms with E-state index in [0.717, 1.165) is 25.6 Å². The Kier molecular flexibility index (Phi) is 5.21. The molecule has 0 aromatic carbocycles. The molecular formula is C16H29N3S. The van der Waals surface area contributed by atoms with Crippen LogP contribution in [-0.4, -0.2) is 35.1 Å². The Hall–Kier alpha value is -0.450. The van der Waals surface area contributed by atoms with Gasteiger partial charge in [0.25, 0.3) is 0 Å². The van der Waals surface area contributed by atoms with Crippen LogP contribution in [0.2, 0.25) is 0 Å². The molecule has 3 atom stereocenters. The third kappa shape index (κ3) is 3.80. The lowest BCUT2D eigenvalue weighted by Crippen LogP contribution is -2.61. The highest BCUT2D eigenvalue weighted by Crippen LogP contribution is 2.27. The molecular weight excluding hydrogens is 266 g/mol. The van der Waals surface area contributed by atoms with E-state index in [0.29, 0.717) is 17.5 Å². The summed E-state index contributed by atoms with van der Waals surface area (Å²) in [5.74, 6) is 0.725. The van der Waals surface area contributed by atoms with Crippen LogP contribution < -0.4 is 5.32 Å². The van der Waals surface area contributed by atoms with Crippen LogP contribution in [0.4, 0.5) is 0 Å². The molecule has 114 valence electrons. The van der Waals surface area contributed by atoms with Gasteiger partial charge in [-0.25, -0.2) is 4.98 Å². The van der Waals surface area contributed by atoms with E-state index in [9.17, 15) is 0 Å².